The van der Waals surface area contributed by atoms with E-state index in [-0.39, 0.29) is 5.91 Å². The number of aliphatic carboxylic acids is 1. The maximum atomic E-state index is 11.6. The van der Waals surface area contributed by atoms with E-state index in [1.807, 2.05) is 6.07 Å². The number of rotatable bonds is 4. The van der Waals surface area contributed by atoms with E-state index in [4.69, 9.17) is 9.90 Å². The second kappa shape index (κ2) is 9.19. The molecule has 0 spiro atoms. The van der Waals surface area contributed by atoms with E-state index in [9.17, 15) is 18.0 Å². The van der Waals surface area contributed by atoms with Crippen molar-refractivity contribution < 1.29 is 27.9 Å². The molecule has 1 unspecified atom stereocenters. The first-order valence-electron chi connectivity index (χ1n) is 7.92. The Balaban J connectivity index is 0.000000381. The van der Waals surface area contributed by atoms with Gasteiger partial charge in [0.25, 0.3) is 5.91 Å². The minimum absolute atomic E-state index is 0.0275. The maximum Gasteiger partial charge on any atom is 0.490 e. The predicted octanol–water partition coefficient (Wildman–Crippen LogP) is 3.53. The Kier molecular flexibility index (Phi) is 7.88. The zero-order valence-electron chi connectivity index (χ0n) is 14.4. The fourth-order valence-corrected chi connectivity index (χ4v) is 3.74. The summed E-state index contributed by atoms with van der Waals surface area (Å²) < 4.78 is 31.7. The molecule has 25 heavy (non-hydrogen) atoms. The first kappa shape index (κ1) is 21.4. The third-order valence-electron chi connectivity index (χ3n) is 3.61. The molecule has 1 aromatic rings. The summed E-state index contributed by atoms with van der Waals surface area (Å²) >= 11 is 1.64. The highest BCUT2D eigenvalue weighted by Gasteiger charge is 2.38. The van der Waals surface area contributed by atoms with Crippen LogP contribution >= 0.6 is 11.3 Å². The number of halogens is 3. The van der Waals surface area contributed by atoms with E-state index in [2.05, 4.69) is 30.1 Å². The van der Waals surface area contributed by atoms with Gasteiger partial charge in [0.1, 0.15) is 0 Å². The lowest BCUT2D eigenvalue weighted by atomic mass is 10.1. The van der Waals surface area contributed by atoms with Crippen LogP contribution in [0.5, 0.6) is 0 Å². The second-order valence-electron chi connectivity index (χ2n) is 6.13. The Morgan fingerprint density at radius 1 is 1.40 bits per heavy atom. The van der Waals surface area contributed by atoms with E-state index >= 15 is 0 Å². The fraction of sp³-hybridized carbons (Fsp3) is 0.625. The number of carbonyl (C=O) groups excluding carboxylic acids is 1. The number of carbonyl (C=O) groups is 2. The Labute approximate surface area is 148 Å². The summed E-state index contributed by atoms with van der Waals surface area (Å²) in [5.74, 6) is -2.03. The van der Waals surface area contributed by atoms with Crippen molar-refractivity contribution in [1.29, 1.82) is 0 Å². The Morgan fingerprint density at radius 2 is 2.00 bits per heavy atom. The fourth-order valence-electron chi connectivity index (χ4n) is 2.61. The number of thiophene rings is 1. The van der Waals surface area contributed by atoms with Gasteiger partial charge in [0.05, 0.1) is 4.88 Å². The van der Waals surface area contributed by atoms with Gasteiger partial charge in [0.15, 0.2) is 0 Å². The van der Waals surface area contributed by atoms with Gasteiger partial charge in [-0.25, -0.2) is 4.79 Å². The molecule has 1 saturated heterocycles. The molecule has 1 aliphatic rings. The molecule has 2 heterocycles. The van der Waals surface area contributed by atoms with Crippen molar-refractivity contribution in [3.05, 3.63) is 21.9 Å². The summed E-state index contributed by atoms with van der Waals surface area (Å²) in [4.78, 5) is 25.2. The molecule has 1 aromatic heterocycles. The largest absolute Gasteiger partial charge is 0.490 e. The number of carboxylic acids is 1. The van der Waals surface area contributed by atoms with Gasteiger partial charge in [-0.2, -0.15) is 13.2 Å². The molecule has 1 fully saturated rings. The molecule has 5 nitrogen and oxygen atoms in total. The standard InChI is InChI=1S/C14H22N2OS.C2HF3O2/c1-10(2)9-16-8-4-5-11(16)12-6-7-13(18-12)14(17)15-3;3-2(4,5)1(6)7/h6-7,10-11H,4-5,8-9H2,1-3H3,(H,15,17);(H,6,7). The van der Waals surface area contributed by atoms with Crippen LogP contribution < -0.4 is 5.32 Å². The number of alkyl halides is 3. The number of nitrogens with one attached hydrogen (secondary N) is 1. The van der Waals surface area contributed by atoms with Crippen molar-refractivity contribution in [2.24, 2.45) is 5.92 Å². The van der Waals surface area contributed by atoms with Crippen LogP contribution in [0.2, 0.25) is 0 Å². The zero-order chi connectivity index (χ0) is 19.2. The summed E-state index contributed by atoms with van der Waals surface area (Å²) in [7, 11) is 1.68. The Hall–Kier alpha value is -1.61. The lowest BCUT2D eigenvalue weighted by Gasteiger charge is -2.25. The van der Waals surface area contributed by atoms with E-state index < -0.39 is 12.1 Å². The van der Waals surface area contributed by atoms with Crippen molar-refractivity contribution in [3.63, 3.8) is 0 Å². The molecule has 2 rings (SSSR count). The Morgan fingerprint density at radius 3 is 2.48 bits per heavy atom. The molecule has 2 N–H and O–H groups in total. The zero-order valence-corrected chi connectivity index (χ0v) is 15.2. The first-order valence-corrected chi connectivity index (χ1v) is 8.73. The average molecular weight is 380 g/mol. The van der Waals surface area contributed by atoms with Crippen molar-refractivity contribution in [2.75, 3.05) is 20.1 Å². The van der Waals surface area contributed by atoms with Gasteiger partial charge in [-0.3, -0.25) is 9.69 Å². The summed E-state index contributed by atoms with van der Waals surface area (Å²) in [5.41, 5.74) is 0. The molecular formula is C16H23F3N2O3S. The van der Waals surface area contributed by atoms with Crippen molar-refractivity contribution in [1.82, 2.24) is 10.2 Å². The number of nitrogens with zero attached hydrogens (tertiary/aromatic N) is 1. The molecular weight excluding hydrogens is 357 g/mol. The number of hydrogen-bond donors (Lipinski definition) is 2. The van der Waals surface area contributed by atoms with Crippen molar-refractivity contribution >= 4 is 23.2 Å². The van der Waals surface area contributed by atoms with Crippen LogP contribution in [0.4, 0.5) is 13.2 Å². The van der Waals surface area contributed by atoms with Crippen LogP contribution in [0, 0.1) is 5.92 Å². The average Bonchev–Trinajstić information content (AvgIpc) is 3.14. The van der Waals surface area contributed by atoms with Crippen LogP contribution in [0.1, 0.15) is 47.3 Å². The van der Waals surface area contributed by atoms with E-state index in [1.54, 1.807) is 18.4 Å². The highest BCUT2D eigenvalue weighted by atomic mass is 32.1. The minimum Gasteiger partial charge on any atom is -0.475 e. The number of hydrogen-bond acceptors (Lipinski definition) is 4. The molecule has 0 bridgehead atoms. The van der Waals surface area contributed by atoms with Gasteiger partial charge in [-0.05, 0) is 37.4 Å². The van der Waals surface area contributed by atoms with E-state index in [0.29, 0.717) is 12.0 Å². The third kappa shape index (κ3) is 6.66. The van der Waals surface area contributed by atoms with Gasteiger partial charge >= 0.3 is 12.1 Å². The topological polar surface area (TPSA) is 69.6 Å². The molecule has 0 aromatic carbocycles. The van der Waals surface area contributed by atoms with Crippen molar-refractivity contribution in [2.45, 2.75) is 38.9 Å². The summed E-state index contributed by atoms with van der Waals surface area (Å²) in [6.07, 6.45) is -2.59. The van der Waals surface area contributed by atoms with E-state index in [1.165, 1.54) is 24.3 Å². The van der Waals surface area contributed by atoms with Crippen LogP contribution in [0.15, 0.2) is 12.1 Å². The van der Waals surface area contributed by atoms with Crippen LogP contribution in [0.3, 0.4) is 0 Å². The monoisotopic (exact) mass is 380 g/mol. The predicted molar refractivity (Wildman–Crippen MR) is 89.8 cm³/mol. The normalized spacial score (nSPS) is 18.0. The number of likely N-dealkylation sites (tertiary alicyclic amines) is 1. The van der Waals surface area contributed by atoms with Crippen LogP contribution in [-0.2, 0) is 4.79 Å². The quantitative estimate of drug-likeness (QED) is 0.838. The maximum absolute atomic E-state index is 11.6. The van der Waals surface area contributed by atoms with Crippen molar-refractivity contribution in [3.8, 4) is 0 Å². The lowest BCUT2D eigenvalue weighted by molar-refractivity contribution is -0.192. The first-order chi connectivity index (χ1) is 11.6. The Bertz CT molecular complexity index is 587. The van der Waals surface area contributed by atoms with Gasteiger partial charge in [-0.15, -0.1) is 11.3 Å². The molecule has 142 valence electrons. The summed E-state index contributed by atoms with van der Waals surface area (Å²) in [6.45, 7) is 6.87. The molecule has 0 aliphatic carbocycles. The van der Waals surface area contributed by atoms with Crippen LogP contribution in [-0.4, -0.2) is 48.2 Å². The highest BCUT2D eigenvalue weighted by Crippen LogP contribution is 2.36. The van der Waals surface area contributed by atoms with E-state index in [0.717, 1.165) is 11.4 Å². The SMILES string of the molecule is CNC(=O)c1ccc(C2CCCN2CC(C)C)s1.O=C(O)C(F)(F)F. The molecule has 0 saturated carbocycles. The lowest BCUT2D eigenvalue weighted by Crippen LogP contribution is -2.26. The molecule has 0 radical (unpaired) electrons. The summed E-state index contributed by atoms with van der Waals surface area (Å²) in [5, 5.41) is 9.81. The smallest absolute Gasteiger partial charge is 0.475 e. The molecule has 1 amide bonds. The van der Waals surface area contributed by atoms with Gasteiger partial charge in [0, 0.05) is 24.5 Å². The van der Waals surface area contributed by atoms with Gasteiger partial charge in [-0.1, -0.05) is 13.8 Å². The molecule has 1 aliphatic heterocycles. The number of carboxylic acid groups (broad SMARTS) is 1. The molecule has 9 heteroatoms. The second-order valence-corrected chi connectivity index (χ2v) is 7.25. The minimum atomic E-state index is -5.08. The van der Waals surface area contributed by atoms with Crippen LogP contribution in [0.25, 0.3) is 0 Å². The van der Waals surface area contributed by atoms with Gasteiger partial charge in [0.2, 0.25) is 0 Å². The summed E-state index contributed by atoms with van der Waals surface area (Å²) in [6, 6.07) is 4.60. The highest BCUT2D eigenvalue weighted by molar-refractivity contribution is 7.14. The third-order valence-corrected chi connectivity index (χ3v) is 4.80. The number of amides is 1. The molecule has 1 atom stereocenters. The van der Waals surface area contributed by atoms with Gasteiger partial charge < -0.3 is 10.4 Å².